The third-order valence-corrected chi connectivity index (χ3v) is 8.60. The zero-order valence-electron chi connectivity index (χ0n) is 15.7. The summed E-state index contributed by atoms with van der Waals surface area (Å²) in [5.74, 6) is 1.08. The fourth-order valence-electron chi connectivity index (χ4n) is 8.08. The van der Waals surface area contributed by atoms with Gasteiger partial charge in [0.1, 0.15) is 0 Å². The lowest BCUT2D eigenvalue weighted by Gasteiger charge is -2.59. The molecule has 0 radical (unpaired) electrons. The molecule has 5 unspecified atom stereocenters. The van der Waals surface area contributed by atoms with Crippen molar-refractivity contribution in [1.29, 1.82) is 0 Å². The zero-order chi connectivity index (χ0) is 18.1. The van der Waals surface area contributed by atoms with Gasteiger partial charge in [-0.25, -0.2) is 0 Å². The van der Waals surface area contributed by atoms with Crippen LogP contribution >= 0.6 is 0 Å². The molecule has 6 bridgehead atoms. The molecule has 0 aromatic rings. The van der Waals surface area contributed by atoms with E-state index >= 15 is 0 Å². The highest BCUT2D eigenvalue weighted by Gasteiger charge is 2.56. The number of aliphatic carboxylic acids is 1. The van der Waals surface area contributed by atoms with Gasteiger partial charge in [-0.1, -0.05) is 19.1 Å². The molecule has 0 saturated heterocycles. The number of carbonyl (C=O) groups excluding carboxylic acids is 1. The van der Waals surface area contributed by atoms with Crippen molar-refractivity contribution in [1.82, 2.24) is 5.32 Å². The number of rotatable bonds is 5. The number of carboxylic acid groups (broad SMARTS) is 1. The number of carboxylic acids is 1. The summed E-state index contributed by atoms with van der Waals surface area (Å²) in [6, 6.07) is 0.223. The number of hydrogen-bond acceptors (Lipinski definition) is 2. The van der Waals surface area contributed by atoms with E-state index in [0.29, 0.717) is 0 Å². The molecule has 6 aliphatic rings. The Morgan fingerprint density at radius 3 is 2.04 bits per heavy atom. The third-order valence-electron chi connectivity index (χ3n) is 8.60. The Kier molecular flexibility index (Phi) is 3.78. The summed E-state index contributed by atoms with van der Waals surface area (Å²) in [5, 5.41) is 13.1. The summed E-state index contributed by atoms with van der Waals surface area (Å²) < 4.78 is 0. The van der Waals surface area contributed by atoms with Gasteiger partial charge in [-0.3, -0.25) is 9.59 Å². The second kappa shape index (κ2) is 5.84. The van der Waals surface area contributed by atoms with Crippen LogP contribution in [0.1, 0.15) is 58.3 Å². The molecule has 142 valence electrons. The summed E-state index contributed by atoms with van der Waals surface area (Å²) >= 11 is 0. The van der Waals surface area contributed by atoms with Gasteiger partial charge in [0.2, 0.25) is 5.91 Å². The fraction of sp³-hybridized carbons (Fsp3) is 0.818. The van der Waals surface area contributed by atoms with Crippen LogP contribution in [0.2, 0.25) is 0 Å². The van der Waals surface area contributed by atoms with Gasteiger partial charge in [-0.2, -0.15) is 0 Å². The Bertz CT molecular complexity index is 618. The molecule has 0 aliphatic heterocycles. The molecule has 0 heterocycles. The smallest absolute Gasteiger partial charge is 0.307 e. The van der Waals surface area contributed by atoms with Gasteiger partial charge < -0.3 is 10.4 Å². The van der Waals surface area contributed by atoms with Gasteiger partial charge in [0.15, 0.2) is 0 Å². The van der Waals surface area contributed by atoms with E-state index in [-0.39, 0.29) is 35.1 Å². The normalized spacial score (nSPS) is 48.7. The van der Waals surface area contributed by atoms with Gasteiger partial charge in [-0.05, 0) is 86.4 Å². The first-order chi connectivity index (χ1) is 12.5. The lowest BCUT2D eigenvalue weighted by molar-refractivity contribution is -0.148. The Morgan fingerprint density at radius 2 is 1.54 bits per heavy atom. The minimum Gasteiger partial charge on any atom is -0.481 e. The van der Waals surface area contributed by atoms with Crippen LogP contribution in [-0.2, 0) is 9.59 Å². The number of fused-ring (bicyclic) bond motifs is 2. The van der Waals surface area contributed by atoms with Crippen LogP contribution in [0, 0.1) is 46.8 Å². The molecule has 0 aromatic heterocycles. The minimum atomic E-state index is -0.801. The van der Waals surface area contributed by atoms with E-state index < -0.39 is 11.9 Å². The molecule has 1 amide bonds. The molecule has 2 N–H and O–H groups in total. The van der Waals surface area contributed by atoms with E-state index in [1.54, 1.807) is 0 Å². The van der Waals surface area contributed by atoms with E-state index in [1.807, 2.05) is 6.08 Å². The maximum atomic E-state index is 13.2. The van der Waals surface area contributed by atoms with Crippen LogP contribution < -0.4 is 5.32 Å². The second-order valence-corrected chi connectivity index (χ2v) is 10.1. The van der Waals surface area contributed by atoms with Gasteiger partial charge in [0, 0.05) is 6.04 Å². The van der Waals surface area contributed by atoms with Gasteiger partial charge >= 0.3 is 5.97 Å². The number of amides is 1. The SMILES string of the molecule is CCC(NC(=O)C1C2C=CC(C2)C1C(=O)O)C12CC3CC(CC(C3)C1)C2. The second-order valence-electron chi connectivity index (χ2n) is 10.1. The summed E-state index contributed by atoms with van der Waals surface area (Å²) in [6.45, 7) is 2.19. The van der Waals surface area contributed by atoms with Crippen molar-refractivity contribution in [2.24, 2.45) is 46.8 Å². The number of hydrogen-bond donors (Lipinski definition) is 2. The van der Waals surface area contributed by atoms with Crippen molar-refractivity contribution in [2.45, 2.75) is 64.3 Å². The van der Waals surface area contributed by atoms with Crippen molar-refractivity contribution >= 4 is 11.9 Å². The average Bonchev–Trinajstić information content (AvgIpc) is 3.19. The molecule has 0 aromatic carbocycles. The lowest BCUT2D eigenvalue weighted by atomic mass is 9.47. The molecule has 6 aliphatic carbocycles. The molecule has 5 atom stereocenters. The van der Waals surface area contributed by atoms with Crippen LogP contribution in [0.4, 0.5) is 0 Å². The van der Waals surface area contributed by atoms with E-state index in [1.165, 1.54) is 38.5 Å². The first-order valence-electron chi connectivity index (χ1n) is 10.7. The Labute approximate surface area is 155 Å². The highest BCUT2D eigenvalue weighted by atomic mass is 16.4. The predicted molar refractivity (Wildman–Crippen MR) is 98.2 cm³/mol. The van der Waals surface area contributed by atoms with Crippen molar-refractivity contribution in [2.75, 3.05) is 0 Å². The molecular weight excluding hydrogens is 326 g/mol. The van der Waals surface area contributed by atoms with Crippen LogP contribution in [-0.4, -0.2) is 23.0 Å². The number of nitrogens with one attached hydrogen (secondary N) is 1. The molecule has 4 heteroatoms. The highest BCUT2D eigenvalue weighted by molar-refractivity contribution is 5.87. The monoisotopic (exact) mass is 357 g/mol. The standard InChI is InChI=1S/C22H31NO3/c1-2-17(22-9-12-5-13(10-22)7-14(6-12)11-22)23-20(24)18-15-3-4-16(8-15)19(18)21(25)26/h3-4,12-19H,2,5-11H2,1H3,(H,23,24)(H,25,26). The van der Waals surface area contributed by atoms with Crippen LogP contribution in [0.15, 0.2) is 12.2 Å². The summed E-state index contributed by atoms with van der Waals surface area (Å²) in [7, 11) is 0. The quantitative estimate of drug-likeness (QED) is 0.739. The van der Waals surface area contributed by atoms with Gasteiger partial charge in [0.05, 0.1) is 11.8 Å². The Hall–Kier alpha value is -1.32. The van der Waals surface area contributed by atoms with Gasteiger partial charge in [0.25, 0.3) is 0 Å². The van der Waals surface area contributed by atoms with Crippen LogP contribution in [0.3, 0.4) is 0 Å². The largest absolute Gasteiger partial charge is 0.481 e. The maximum Gasteiger partial charge on any atom is 0.307 e. The van der Waals surface area contributed by atoms with E-state index in [0.717, 1.165) is 30.6 Å². The predicted octanol–water partition coefficient (Wildman–Crippen LogP) is 3.62. The molecule has 4 nitrogen and oxygen atoms in total. The van der Waals surface area contributed by atoms with Crippen molar-refractivity contribution < 1.29 is 14.7 Å². The van der Waals surface area contributed by atoms with Crippen molar-refractivity contribution in [3.8, 4) is 0 Å². The molecular formula is C22H31NO3. The maximum absolute atomic E-state index is 13.2. The first-order valence-corrected chi connectivity index (χ1v) is 10.7. The third kappa shape index (κ3) is 2.40. The Morgan fingerprint density at radius 1 is 1.00 bits per heavy atom. The fourth-order valence-corrected chi connectivity index (χ4v) is 8.08. The van der Waals surface area contributed by atoms with Crippen LogP contribution in [0.5, 0.6) is 0 Å². The minimum absolute atomic E-state index is 0.0110. The molecule has 5 fully saturated rings. The molecule has 0 spiro atoms. The van der Waals surface area contributed by atoms with Gasteiger partial charge in [-0.15, -0.1) is 0 Å². The topological polar surface area (TPSA) is 66.4 Å². The molecule has 5 saturated carbocycles. The Balaban J connectivity index is 1.35. The number of allylic oxidation sites excluding steroid dienone is 2. The van der Waals surface area contributed by atoms with Crippen LogP contribution in [0.25, 0.3) is 0 Å². The zero-order valence-corrected chi connectivity index (χ0v) is 15.7. The highest BCUT2D eigenvalue weighted by Crippen LogP contribution is 2.61. The number of carbonyl (C=O) groups is 2. The first kappa shape index (κ1) is 16.8. The van der Waals surface area contributed by atoms with E-state index in [4.69, 9.17) is 0 Å². The summed E-state index contributed by atoms with van der Waals surface area (Å²) in [6.07, 6.45) is 13.9. The summed E-state index contributed by atoms with van der Waals surface area (Å²) in [4.78, 5) is 25.0. The molecule has 6 rings (SSSR count). The summed E-state index contributed by atoms with van der Waals surface area (Å²) in [5.41, 5.74) is 0.283. The van der Waals surface area contributed by atoms with E-state index in [9.17, 15) is 14.7 Å². The van der Waals surface area contributed by atoms with Crippen molar-refractivity contribution in [3.63, 3.8) is 0 Å². The lowest BCUT2D eigenvalue weighted by Crippen LogP contribution is -2.58. The average molecular weight is 357 g/mol. The molecule has 26 heavy (non-hydrogen) atoms. The van der Waals surface area contributed by atoms with E-state index in [2.05, 4.69) is 18.3 Å². The van der Waals surface area contributed by atoms with Crippen molar-refractivity contribution in [3.05, 3.63) is 12.2 Å².